The Morgan fingerprint density at radius 2 is 1.93 bits per heavy atom. The lowest BCUT2D eigenvalue weighted by Crippen LogP contribution is -2.37. The van der Waals surface area contributed by atoms with Crippen molar-refractivity contribution in [1.82, 2.24) is 9.88 Å². The van der Waals surface area contributed by atoms with Gasteiger partial charge in [-0.05, 0) is 63.4 Å². The molecule has 1 saturated heterocycles. The van der Waals surface area contributed by atoms with Gasteiger partial charge in [0.1, 0.15) is 5.03 Å². The molecule has 2 amide bonds. The van der Waals surface area contributed by atoms with Crippen LogP contribution in [0, 0.1) is 0 Å². The largest absolute Gasteiger partial charge is 0.339 e. The number of pyridine rings is 1. The van der Waals surface area contributed by atoms with Crippen molar-refractivity contribution in [2.75, 3.05) is 18.0 Å². The SMILES string of the molecule is CC(C)N1C(=O)c2cccnc2Sc2cc(C(=O)N3CCCCC3)ccc21. The van der Waals surface area contributed by atoms with Crippen LogP contribution in [0.4, 0.5) is 5.69 Å². The summed E-state index contributed by atoms with van der Waals surface area (Å²) < 4.78 is 0. The molecule has 0 aliphatic carbocycles. The molecule has 0 unspecified atom stereocenters. The van der Waals surface area contributed by atoms with Gasteiger partial charge in [-0.15, -0.1) is 0 Å². The van der Waals surface area contributed by atoms with Crippen molar-refractivity contribution in [3.63, 3.8) is 0 Å². The molecular weight excluding hydrogens is 358 g/mol. The molecular formula is C21H23N3O2S. The molecule has 27 heavy (non-hydrogen) atoms. The van der Waals surface area contributed by atoms with Crippen LogP contribution in [0.25, 0.3) is 0 Å². The van der Waals surface area contributed by atoms with Gasteiger partial charge >= 0.3 is 0 Å². The summed E-state index contributed by atoms with van der Waals surface area (Å²) in [7, 11) is 0. The van der Waals surface area contributed by atoms with Crippen molar-refractivity contribution in [2.45, 2.75) is 49.1 Å². The first-order valence-corrected chi connectivity index (χ1v) is 10.3. The van der Waals surface area contributed by atoms with Crippen molar-refractivity contribution >= 4 is 29.3 Å². The van der Waals surface area contributed by atoms with Gasteiger partial charge in [-0.25, -0.2) is 4.98 Å². The van der Waals surface area contributed by atoms with Crippen molar-refractivity contribution in [2.24, 2.45) is 0 Å². The highest BCUT2D eigenvalue weighted by atomic mass is 32.2. The van der Waals surface area contributed by atoms with Gasteiger partial charge in [0, 0.05) is 35.8 Å². The van der Waals surface area contributed by atoms with Gasteiger partial charge in [-0.3, -0.25) is 9.59 Å². The number of hydrogen-bond donors (Lipinski definition) is 0. The second-order valence-corrected chi connectivity index (χ2v) is 8.29. The first kappa shape index (κ1) is 18.0. The zero-order valence-electron chi connectivity index (χ0n) is 15.6. The van der Waals surface area contributed by atoms with Crippen LogP contribution < -0.4 is 4.90 Å². The van der Waals surface area contributed by atoms with Crippen LogP contribution in [0.5, 0.6) is 0 Å². The van der Waals surface area contributed by atoms with Gasteiger partial charge in [0.05, 0.1) is 11.3 Å². The molecule has 1 aromatic heterocycles. The minimum absolute atomic E-state index is 0.00616. The first-order valence-electron chi connectivity index (χ1n) is 9.46. The molecule has 0 spiro atoms. The minimum Gasteiger partial charge on any atom is -0.339 e. The number of hydrogen-bond acceptors (Lipinski definition) is 4. The van der Waals surface area contributed by atoms with E-state index >= 15 is 0 Å². The van der Waals surface area contributed by atoms with E-state index in [-0.39, 0.29) is 17.9 Å². The van der Waals surface area contributed by atoms with Crippen molar-refractivity contribution in [3.8, 4) is 0 Å². The number of likely N-dealkylation sites (tertiary alicyclic amines) is 1. The highest BCUT2D eigenvalue weighted by Gasteiger charge is 2.30. The number of anilines is 1. The van der Waals surface area contributed by atoms with Crippen LogP contribution in [0.3, 0.4) is 0 Å². The predicted molar refractivity (Wildman–Crippen MR) is 107 cm³/mol. The van der Waals surface area contributed by atoms with E-state index < -0.39 is 0 Å². The Morgan fingerprint density at radius 1 is 1.15 bits per heavy atom. The topological polar surface area (TPSA) is 53.5 Å². The molecule has 5 nitrogen and oxygen atoms in total. The maximum atomic E-state index is 13.1. The quantitative estimate of drug-likeness (QED) is 0.781. The third-order valence-corrected chi connectivity index (χ3v) is 6.12. The molecule has 2 aliphatic rings. The molecule has 0 saturated carbocycles. The monoisotopic (exact) mass is 381 g/mol. The number of benzene rings is 1. The zero-order chi connectivity index (χ0) is 19.0. The fourth-order valence-corrected chi connectivity index (χ4v) is 4.74. The van der Waals surface area contributed by atoms with E-state index in [9.17, 15) is 9.59 Å². The number of amides is 2. The maximum Gasteiger partial charge on any atom is 0.261 e. The predicted octanol–water partition coefficient (Wildman–Crippen LogP) is 4.23. The Balaban J connectivity index is 1.77. The molecule has 1 fully saturated rings. The van der Waals surface area contributed by atoms with Gasteiger partial charge in [0.15, 0.2) is 0 Å². The molecule has 6 heteroatoms. The smallest absolute Gasteiger partial charge is 0.261 e. The van der Waals surface area contributed by atoms with Gasteiger partial charge in [0.25, 0.3) is 11.8 Å². The minimum atomic E-state index is -0.0468. The molecule has 0 bridgehead atoms. The summed E-state index contributed by atoms with van der Waals surface area (Å²) in [6.45, 7) is 5.65. The van der Waals surface area contributed by atoms with Crippen LogP contribution in [0.2, 0.25) is 0 Å². The van der Waals surface area contributed by atoms with Crippen LogP contribution in [0.15, 0.2) is 46.5 Å². The molecule has 2 aliphatic heterocycles. The lowest BCUT2D eigenvalue weighted by atomic mass is 10.1. The number of carbonyl (C=O) groups is 2. The molecule has 140 valence electrons. The van der Waals surface area contributed by atoms with Crippen molar-refractivity contribution < 1.29 is 9.59 Å². The number of carbonyl (C=O) groups excluding carboxylic acids is 2. The van der Waals surface area contributed by atoms with E-state index in [4.69, 9.17) is 0 Å². The van der Waals surface area contributed by atoms with E-state index in [0.29, 0.717) is 16.2 Å². The summed E-state index contributed by atoms with van der Waals surface area (Å²) >= 11 is 1.46. The van der Waals surface area contributed by atoms with E-state index in [1.165, 1.54) is 18.2 Å². The Morgan fingerprint density at radius 3 is 2.67 bits per heavy atom. The van der Waals surface area contributed by atoms with E-state index in [2.05, 4.69) is 4.98 Å². The maximum absolute atomic E-state index is 13.1. The second-order valence-electron chi connectivity index (χ2n) is 7.26. The third-order valence-electron chi connectivity index (χ3n) is 5.05. The standard InChI is InChI=1S/C21H23N3O2S/c1-14(2)24-17-9-8-15(20(25)23-11-4-3-5-12-23)13-18(17)27-19-16(21(24)26)7-6-10-22-19/h6-10,13-14H,3-5,11-12H2,1-2H3. The van der Waals surface area contributed by atoms with Gasteiger partial charge in [0.2, 0.25) is 0 Å². The highest BCUT2D eigenvalue weighted by Crippen LogP contribution is 2.41. The summed E-state index contributed by atoms with van der Waals surface area (Å²) in [5.41, 5.74) is 2.13. The molecule has 3 heterocycles. The summed E-state index contributed by atoms with van der Waals surface area (Å²) in [6, 6.07) is 9.29. The van der Waals surface area contributed by atoms with Crippen molar-refractivity contribution in [1.29, 1.82) is 0 Å². The Hall–Kier alpha value is -2.34. The van der Waals surface area contributed by atoms with Crippen LogP contribution in [0.1, 0.15) is 53.8 Å². The van der Waals surface area contributed by atoms with E-state index in [1.807, 2.05) is 43.0 Å². The summed E-state index contributed by atoms with van der Waals surface area (Å²) in [4.78, 5) is 35.1. The number of fused-ring (bicyclic) bond motifs is 2. The Kier molecular flexibility index (Phi) is 4.91. The third kappa shape index (κ3) is 3.34. The molecule has 1 aromatic carbocycles. The zero-order valence-corrected chi connectivity index (χ0v) is 16.5. The normalized spacial score (nSPS) is 16.8. The van der Waals surface area contributed by atoms with Crippen molar-refractivity contribution in [3.05, 3.63) is 47.7 Å². The summed E-state index contributed by atoms with van der Waals surface area (Å²) in [5.74, 6) is 0.0282. The number of aromatic nitrogens is 1. The molecule has 4 rings (SSSR count). The number of piperidine rings is 1. The molecule has 0 N–H and O–H groups in total. The van der Waals surface area contributed by atoms with Crippen LogP contribution >= 0.6 is 11.8 Å². The molecule has 2 aromatic rings. The van der Waals surface area contributed by atoms with Gasteiger partial charge in [-0.2, -0.15) is 0 Å². The molecule has 0 radical (unpaired) electrons. The number of nitrogens with zero attached hydrogens (tertiary/aromatic N) is 3. The summed E-state index contributed by atoms with van der Waals surface area (Å²) in [5, 5.41) is 0.689. The van der Waals surface area contributed by atoms with Crippen LogP contribution in [-0.4, -0.2) is 40.8 Å². The highest BCUT2D eigenvalue weighted by molar-refractivity contribution is 7.99. The van der Waals surface area contributed by atoms with Gasteiger partial charge in [-0.1, -0.05) is 11.8 Å². The Labute approximate surface area is 163 Å². The first-order chi connectivity index (χ1) is 13.1. The van der Waals surface area contributed by atoms with E-state index in [0.717, 1.165) is 36.5 Å². The lowest BCUT2D eigenvalue weighted by Gasteiger charge is -2.28. The fraction of sp³-hybridized carbons (Fsp3) is 0.381. The lowest BCUT2D eigenvalue weighted by molar-refractivity contribution is 0.0724. The molecule has 0 atom stereocenters. The Bertz CT molecular complexity index is 891. The van der Waals surface area contributed by atoms with Crippen LogP contribution in [-0.2, 0) is 0 Å². The second kappa shape index (κ2) is 7.35. The average Bonchev–Trinajstić information content (AvgIpc) is 2.81. The van der Waals surface area contributed by atoms with Gasteiger partial charge < -0.3 is 9.80 Å². The number of rotatable bonds is 2. The summed E-state index contributed by atoms with van der Waals surface area (Å²) in [6.07, 6.45) is 5.03. The average molecular weight is 382 g/mol. The van der Waals surface area contributed by atoms with E-state index in [1.54, 1.807) is 17.2 Å². The fourth-order valence-electron chi connectivity index (χ4n) is 3.70.